The first-order valence-corrected chi connectivity index (χ1v) is 19.1. The second kappa shape index (κ2) is 12.6. The molecule has 0 spiro atoms. The summed E-state index contributed by atoms with van der Waals surface area (Å²) < 4.78 is 12.5. The maximum absolute atomic E-state index is 14.2. The molecule has 12 atom stereocenters. The molecular formula is C41H60O6. The van der Waals surface area contributed by atoms with Gasteiger partial charge in [0.15, 0.2) is 5.78 Å². The number of hydrogen-bond acceptors (Lipinski definition) is 6. The highest BCUT2D eigenvalue weighted by Crippen LogP contribution is 2.72. The van der Waals surface area contributed by atoms with Gasteiger partial charge in [-0.05, 0) is 123 Å². The summed E-state index contributed by atoms with van der Waals surface area (Å²) in [6.07, 6.45) is 12.4. The molecule has 0 radical (unpaired) electrons. The highest BCUT2D eigenvalue weighted by Gasteiger charge is 2.72. The van der Waals surface area contributed by atoms with Gasteiger partial charge in [0.2, 0.25) is 0 Å². The Bertz CT molecular complexity index is 1320. The normalized spacial score (nSPS) is 44.2. The van der Waals surface area contributed by atoms with Crippen LogP contribution in [0.3, 0.4) is 0 Å². The Labute approximate surface area is 282 Å². The molecule has 260 valence electrons. The fourth-order valence-corrected chi connectivity index (χ4v) is 12.3. The second-order valence-corrected chi connectivity index (χ2v) is 17.3. The summed E-state index contributed by atoms with van der Waals surface area (Å²) in [5.74, 6) is 0.648. The summed E-state index contributed by atoms with van der Waals surface area (Å²) in [7, 11) is 0. The highest BCUT2D eigenvalue weighted by molar-refractivity contribution is 5.95. The van der Waals surface area contributed by atoms with Crippen molar-refractivity contribution in [2.45, 2.75) is 141 Å². The van der Waals surface area contributed by atoms with Gasteiger partial charge in [-0.15, -0.1) is 0 Å². The number of carbonyl (C=O) groups excluding carboxylic acids is 1. The van der Waals surface area contributed by atoms with Crippen LogP contribution in [0, 0.1) is 46.3 Å². The molecule has 1 aromatic rings. The number of allylic oxidation sites excluding steroid dienone is 1. The molecule has 12 unspecified atom stereocenters. The Morgan fingerprint density at radius 3 is 2.45 bits per heavy atom. The lowest BCUT2D eigenvalue weighted by Gasteiger charge is -2.64. The van der Waals surface area contributed by atoms with Crippen LogP contribution in [0.5, 0.6) is 0 Å². The minimum absolute atomic E-state index is 0.0825. The van der Waals surface area contributed by atoms with Gasteiger partial charge in [-0.25, -0.2) is 0 Å². The molecule has 1 aromatic carbocycles. The third-order valence-corrected chi connectivity index (χ3v) is 15.1. The van der Waals surface area contributed by atoms with Crippen molar-refractivity contribution in [3.8, 4) is 0 Å². The SMILES string of the molecule is CC1COC(C(O)C(C)(O)C2CCC3(O)C4=CC(=O)C5CC(OCCc6ccccc6)CCC5(C)C4CCC23C2CCCCC2)C1C. The van der Waals surface area contributed by atoms with Crippen LogP contribution in [0.15, 0.2) is 42.0 Å². The van der Waals surface area contributed by atoms with Crippen LogP contribution in [0.25, 0.3) is 0 Å². The predicted octanol–water partition coefficient (Wildman–Crippen LogP) is 6.83. The summed E-state index contributed by atoms with van der Waals surface area (Å²) in [6, 6.07) is 10.4. The van der Waals surface area contributed by atoms with Crippen LogP contribution in [0.2, 0.25) is 0 Å². The van der Waals surface area contributed by atoms with Crippen molar-refractivity contribution in [1.29, 1.82) is 0 Å². The van der Waals surface area contributed by atoms with E-state index in [1.54, 1.807) is 0 Å². The van der Waals surface area contributed by atoms with Crippen molar-refractivity contribution < 1.29 is 29.6 Å². The van der Waals surface area contributed by atoms with Crippen molar-refractivity contribution in [3.05, 3.63) is 47.5 Å². The summed E-state index contributed by atoms with van der Waals surface area (Å²) in [5, 5.41) is 37.7. The molecule has 1 saturated heterocycles. The number of ketones is 1. The molecular weight excluding hydrogens is 588 g/mol. The second-order valence-electron chi connectivity index (χ2n) is 17.3. The van der Waals surface area contributed by atoms with Crippen LogP contribution in [-0.2, 0) is 20.7 Å². The van der Waals surface area contributed by atoms with E-state index >= 15 is 0 Å². The first kappa shape index (κ1) is 33.9. The Morgan fingerprint density at radius 2 is 1.74 bits per heavy atom. The summed E-state index contributed by atoms with van der Waals surface area (Å²) in [4.78, 5) is 14.2. The molecule has 47 heavy (non-hydrogen) atoms. The van der Waals surface area contributed by atoms with Gasteiger partial charge in [0.1, 0.15) is 6.10 Å². The van der Waals surface area contributed by atoms with Crippen LogP contribution in [0.1, 0.15) is 110 Å². The Hall–Kier alpha value is -1.57. The van der Waals surface area contributed by atoms with E-state index in [1.807, 2.05) is 19.1 Å². The number of hydrogen-bond donors (Lipinski definition) is 3. The molecule has 6 nitrogen and oxygen atoms in total. The van der Waals surface area contributed by atoms with Crippen LogP contribution < -0.4 is 0 Å². The van der Waals surface area contributed by atoms with Crippen molar-refractivity contribution in [1.82, 2.24) is 0 Å². The van der Waals surface area contributed by atoms with Crippen LogP contribution >= 0.6 is 0 Å². The minimum atomic E-state index is -1.42. The molecule has 0 aromatic heterocycles. The fourth-order valence-electron chi connectivity index (χ4n) is 12.3. The molecule has 0 amide bonds. The number of aliphatic hydroxyl groups is 3. The number of ether oxygens (including phenoxy) is 2. The van der Waals surface area contributed by atoms with Crippen molar-refractivity contribution >= 4 is 5.78 Å². The highest BCUT2D eigenvalue weighted by atomic mass is 16.5. The third kappa shape index (κ3) is 5.34. The zero-order chi connectivity index (χ0) is 33.2. The molecule has 6 heteroatoms. The summed E-state index contributed by atoms with van der Waals surface area (Å²) >= 11 is 0. The largest absolute Gasteiger partial charge is 0.387 e. The molecule has 5 aliphatic carbocycles. The van der Waals surface area contributed by atoms with Crippen LogP contribution in [-0.4, -0.2) is 63.8 Å². The van der Waals surface area contributed by atoms with E-state index in [9.17, 15) is 20.1 Å². The van der Waals surface area contributed by atoms with E-state index in [-0.39, 0.29) is 46.9 Å². The maximum Gasteiger partial charge on any atom is 0.159 e. The maximum atomic E-state index is 14.2. The first-order chi connectivity index (χ1) is 22.4. The molecule has 3 N–H and O–H groups in total. The topological polar surface area (TPSA) is 96.2 Å². The molecule has 4 saturated carbocycles. The van der Waals surface area contributed by atoms with E-state index < -0.39 is 28.8 Å². The van der Waals surface area contributed by atoms with Gasteiger partial charge in [0, 0.05) is 17.9 Å². The zero-order valence-corrected chi connectivity index (χ0v) is 29.3. The van der Waals surface area contributed by atoms with Gasteiger partial charge < -0.3 is 24.8 Å². The molecule has 1 heterocycles. The number of rotatable bonds is 8. The van der Waals surface area contributed by atoms with Crippen molar-refractivity contribution in [3.63, 3.8) is 0 Å². The summed E-state index contributed by atoms with van der Waals surface area (Å²) in [5.41, 5.74) is -1.14. The van der Waals surface area contributed by atoms with Gasteiger partial charge in [0.25, 0.3) is 0 Å². The van der Waals surface area contributed by atoms with E-state index in [4.69, 9.17) is 9.47 Å². The lowest BCUT2D eigenvalue weighted by Crippen LogP contribution is -2.66. The smallest absolute Gasteiger partial charge is 0.159 e. The van der Waals surface area contributed by atoms with Crippen LogP contribution in [0.4, 0.5) is 0 Å². The van der Waals surface area contributed by atoms with E-state index in [2.05, 4.69) is 45.0 Å². The average molecular weight is 649 g/mol. The number of aliphatic hydroxyl groups excluding tert-OH is 1. The molecule has 7 rings (SSSR count). The first-order valence-electron chi connectivity index (χ1n) is 19.1. The van der Waals surface area contributed by atoms with E-state index in [0.717, 1.165) is 69.8 Å². The molecule has 6 aliphatic rings. The number of fused-ring (bicyclic) bond motifs is 5. The monoisotopic (exact) mass is 648 g/mol. The lowest BCUT2D eigenvalue weighted by molar-refractivity contribution is -0.215. The number of carbonyl (C=O) groups is 1. The Kier molecular flexibility index (Phi) is 9.12. The Balaban J connectivity index is 1.17. The minimum Gasteiger partial charge on any atom is -0.387 e. The van der Waals surface area contributed by atoms with Gasteiger partial charge >= 0.3 is 0 Å². The van der Waals surface area contributed by atoms with Crippen molar-refractivity contribution in [2.24, 2.45) is 46.3 Å². The summed E-state index contributed by atoms with van der Waals surface area (Å²) in [6.45, 7) is 9.66. The van der Waals surface area contributed by atoms with Crippen molar-refractivity contribution in [2.75, 3.05) is 13.2 Å². The number of benzene rings is 1. The Morgan fingerprint density at radius 1 is 1.00 bits per heavy atom. The van der Waals surface area contributed by atoms with E-state index in [1.165, 1.54) is 12.0 Å². The van der Waals surface area contributed by atoms with E-state index in [0.29, 0.717) is 32.0 Å². The van der Waals surface area contributed by atoms with Gasteiger partial charge in [0.05, 0.1) is 30.0 Å². The van der Waals surface area contributed by atoms with Gasteiger partial charge in [-0.2, -0.15) is 0 Å². The molecule has 0 bridgehead atoms. The molecule has 5 fully saturated rings. The lowest BCUT2D eigenvalue weighted by atomic mass is 9.42. The fraction of sp³-hybridized carbons (Fsp3) is 0.780. The van der Waals surface area contributed by atoms with Gasteiger partial charge in [-0.1, -0.05) is 70.4 Å². The average Bonchev–Trinajstić information content (AvgIpc) is 3.58. The predicted molar refractivity (Wildman–Crippen MR) is 183 cm³/mol. The molecule has 1 aliphatic heterocycles. The standard InChI is InChI=1S/C41H60O6/c1-26-25-47-36(27(26)2)37(43)39(4,44)35-17-21-41(45)32-24-34(42)33-23-30(46-22-18-28-11-7-5-8-12-28)15-19-38(33,3)31(32)16-20-40(35,41)29-13-9-6-10-14-29/h5,7-8,11-12,24,26-27,29-31,33,35-37,43-45H,6,9-10,13-23,25H2,1-4H3. The quantitative estimate of drug-likeness (QED) is 0.286. The zero-order valence-electron chi connectivity index (χ0n) is 29.3. The third-order valence-electron chi connectivity index (χ3n) is 15.1. The van der Waals surface area contributed by atoms with Gasteiger partial charge in [-0.3, -0.25) is 4.79 Å².